The third-order valence-electron chi connectivity index (χ3n) is 2.00. The summed E-state index contributed by atoms with van der Waals surface area (Å²) in [5.74, 6) is 0.911. The quantitative estimate of drug-likeness (QED) is 0.689. The van der Waals surface area contributed by atoms with Crippen LogP contribution < -0.4 is 0 Å². The second-order valence-corrected chi connectivity index (χ2v) is 4.67. The third-order valence-corrected chi connectivity index (χ3v) is 3.31. The van der Waals surface area contributed by atoms with E-state index in [9.17, 15) is 0 Å². The van der Waals surface area contributed by atoms with Crippen molar-refractivity contribution >= 4 is 23.6 Å². The Bertz CT molecular complexity index is 511. The highest BCUT2D eigenvalue weighted by Gasteiger charge is 2.03. The van der Waals surface area contributed by atoms with Crippen LogP contribution in [-0.4, -0.2) is 9.55 Å². The molecule has 72 valence electrons. The third kappa shape index (κ3) is 1.63. The molecule has 2 nitrogen and oxygen atoms in total. The van der Waals surface area contributed by atoms with E-state index in [0.29, 0.717) is 0 Å². The molecule has 2 heterocycles. The highest BCUT2D eigenvalue weighted by Crippen LogP contribution is 2.15. The molecule has 0 N–H and O–H groups in total. The minimum Gasteiger partial charge on any atom is -0.280 e. The van der Waals surface area contributed by atoms with Crippen LogP contribution in [0.1, 0.15) is 11.3 Å². The maximum absolute atomic E-state index is 5.24. The molecule has 2 aromatic rings. The Labute approximate surface area is 91.9 Å². The van der Waals surface area contributed by atoms with Crippen molar-refractivity contribution in [2.75, 3.05) is 0 Å². The average molecular weight is 222 g/mol. The molecule has 0 aliphatic carbocycles. The minimum atomic E-state index is 0.848. The molecule has 0 radical (unpaired) electrons. The molecule has 0 atom stereocenters. The van der Waals surface area contributed by atoms with Gasteiger partial charge in [0.15, 0.2) is 3.95 Å². The van der Waals surface area contributed by atoms with E-state index in [1.54, 1.807) is 11.3 Å². The average Bonchev–Trinajstić information content (AvgIpc) is 2.46. The van der Waals surface area contributed by atoms with E-state index in [2.05, 4.69) is 11.9 Å². The monoisotopic (exact) mass is 222 g/mol. The maximum Gasteiger partial charge on any atom is 0.167 e. The Balaban J connectivity index is 2.66. The standard InChI is InChI=1S/C10H10N2S2/c1-7-3-4-11-9(5-7)12-8(2)6-14-10(12)13/h3-6H,1-2H3. The molecule has 2 rings (SSSR count). The molecule has 0 saturated heterocycles. The highest BCUT2D eigenvalue weighted by atomic mass is 32.1. The van der Waals surface area contributed by atoms with Crippen LogP contribution in [0, 0.1) is 17.8 Å². The molecule has 0 spiro atoms. The van der Waals surface area contributed by atoms with Crippen molar-refractivity contribution in [3.63, 3.8) is 0 Å². The minimum absolute atomic E-state index is 0.848. The number of hydrogen-bond acceptors (Lipinski definition) is 3. The Kier molecular flexibility index (Phi) is 2.48. The number of nitrogens with zero attached hydrogens (tertiary/aromatic N) is 2. The fourth-order valence-corrected chi connectivity index (χ4v) is 2.40. The van der Waals surface area contributed by atoms with Crippen LogP contribution in [0.3, 0.4) is 0 Å². The predicted molar refractivity (Wildman–Crippen MR) is 61.7 cm³/mol. The fourth-order valence-electron chi connectivity index (χ4n) is 1.30. The molecule has 0 bridgehead atoms. The molecule has 4 heteroatoms. The van der Waals surface area contributed by atoms with Gasteiger partial charge in [0.2, 0.25) is 0 Å². The molecule has 0 fully saturated rings. The molecule has 0 amide bonds. The summed E-state index contributed by atoms with van der Waals surface area (Å²) in [6, 6.07) is 4.02. The van der Waals surface area contributed by atoms with Gasteiger partial charge in [0.1, 0.15) is 5.82 Å². The Morgan fingerprint density at radius 2 is 2.21 bits per heavy atom. The van der Waals surface area contributed by atoms with E-state index in [1.165, 1.54) is 5.56 Å². The second-order valence-electron chi connectivity index (χ2n) is 3.17. The molecule has 0 aliphatic heterocycles. The van der Waals surface area contributed by atoms with Crippen molar-refractivity contribution in [3.05, 3.63) is 38.9 Å². The van der Waals surface area contributed by atoms with Crippen LogP contribution >= 0.6 is 23.6 Å². The Morgan fingerprint density at radius 1 is 1.43 bits per heavy atom. The number of hydrogen-bond donors (Lipinski definition) is 0. The van der Waals surface area contributed by atoms with Gasteiger partial charge in [-0.3, -0.25) is 4.57 Å². The first-order valence-corrected chi connectivity index (χ1v) is 5.57. The molecule has 0 saturated carbocycles. The van der Waals surface area contributed by atoms with Gasteiger partial charge in [-0.2, -0.15) is 0 Å². The summed E-state index contributed by atoms with van der Waals surface area (Å²) in [4.78, 5) is 4.31. The van der Waals surface area contributed by atoms with E-state index in [-0.39, 0.29) is 0 Å². The number of aromatic nitrogens is 2. The van der Waals surface area contributed by atoms with Gasteiger partial charge in [-0.15, -0.1) is 11.3 Å². The Morgan fingerprint density at radius 3 is 2.79 bits per heavy atom. The molecule has 0 aliphatic rings. The zero-order chi connectivity index (χ0) is 10.1. The van der Waals surface area contributed by atoms with Gasteiger partial charge < -0.3 is 0 Å². The van der Waals surface area contributed by atoms with E-state index >= 15 is 0 Å². The van der Waals surface area contributed by atoms with Crippen molar-refractivity contribution in [1.82, 2.24) is 9.55 Å². The number of aryl methyl sites for hydroxylation is 2. The maximum atomic E-state index is 5.24. The van der Waals surface area contributed by atoms with Crippen LogP contribution in [-0.2, 0) is 0 Å². The zero-order valence-corrected chi connectivity index (χ0v) is 9.65. The van der Waals surface area contributed by atoms with E-state index < -0.39 is 0 Å². The van der Waals surface area contributed by atoms with Crippen molar-refractivity contribution in [2.45, 2.75) is 13.8 Å². The van der Waals surface area contributed by atoms with Crippen molar-refractivity contribution in [2.24, 2.45) is 0 Å². The number of rotatable bonds is 1. The van der Waals surface area contributed by atoms with E-state index in [4.69, 9.17) is 12.2 Å². The largest absolute Gasteiger partial charge is 0.280 e. The van der Waals surface area contributed by atoms with Crippen molar-refractivity contribution < 1.29 is 0 Å². The van der Waals surface area contributed by atoms with Crippen LogP contribution in [0.15, 0.2) is 23.7 Å². The summed E-state index contributed by atoms with van der Waals surface area (Å²) >= 11 is 6.81. The normalized spacial score (nSPS) is 10.4. The first-order valence-electron chi connectivity index (χ1n) is 4.28. The second kappa shape index (κ2) is 3.63. The van der Waals surface area contributed by atoms with Gasteiger partial charge in [0.25, 0.3) is 0 Å². The van der Waals surface area contributed by atoms with E-state index in [1.807, 2.05) is 35.2 Å². The molecular weight excluding hydrogens is 212 g/mol. The molecule has 14 heavy (non-hydrogen) atoms. The van der Waals surface area contributed by atoms with Gasteiger partial charge >= 0.3 is 0 Å². The fraction of sp³-hybridized carbons (Fsp3) is 0.200. The number of thiazole rings is 1. The smallest absolute Gasteiger partial charge is 0.167 e. The lowest BCUT2D eigenvalue weighted by atomic mass is 10.3. The first kappa shape index (κ1) is 9.55. The van der Waals surface area contributed by atoms with Crippen LogP contribution in [0.5, 0.6) is 0 Å². The lowest BCUT2D eigenvalue weighted by Crippen LogP contribution is -1.98. The van der Waals surface area contributed by atoms with Crippen molar-refractivity contribution in [1.29, 1.82) is 0 Å². The van der Waals surface area contributed by atoms with Crippen LogP contribution in [0.2, 0.25) is 0 Å². The van der Waals surface area contributed by atoms with Crippen LogP contribution in [0.25, 0.3) is 5.82 Å². The van der Waals surface area contributed by atoms with Gasteiger partial charge in [0.05, 0.1) is 0 Å². The summed E-state index contributed by atoms with van der Waals surface area (Å²) in [7, 11) is 0. The molecule has 0 unspecified atom stereocenters. The Hall–Kier alpha value is -1.00. The predicted octanol–water partition coefficient (Wildman–Crippen LogP) is 3.28. The summed E-state index contributed by atoms with van der Waals surface area (Å²) < 4.78 is 2.84. The molecule has 2 aromatic heterocycles. The SMILES string of the molecule is Cc1ccnc(-n2c(C)csc2=S)c1. The summed E-state index contributed by atoms with van der Waals surface area (Å²) in [5, 5.41) is 2.05. The van der Waals surface area contributed by atoms with Gasteiger partial charge in [-0.25, -0.2) is 4.98 Å². The first-order chi connectivity index (χ1) is 6.68. The lowest BCUT2D eigenvalue weighted by molar-refractivity contribution is 0.950. The highest BCUT2D eigenvalue weighted by molar-refractivity contribution is 7.73. The number of pyridine rings is 1. The summed E-state index contributed by atoms with van der Waals surface area (Å²) in [6.07, 6.45) is 1.81. The van der Waals surface area contributed by atoms with Crippen LogP contribution in [0.4, 0.5) is 0 Å². The lowest BCUT2D eigenvalue weighted by Gasteiger charge is -2.04. The zero-order valence-electron chi connectivity index (χ0n) is 8.02. The van der Waals surface area contributed by atoms with Crippen molar-refractivity contribution in [3.8, 4) is 5.82 Å². The molecule has 0 aromatic carbocycles. The van der Waals surface area contributed by atoms with Gasteiger partial charge in [-0.05, 0) is 43.8 Å². The summed E-state index contributed by atoms with van der Waals surface area (Å²) in [5.41, 5.74) is 2.33. The molecular formula is C10H10N2S2. The van der Waals surface area contributed by atoms with E-state index in [0.717, 1.165) is 15.5 Å². The summed E-state index contributed by atoms with van der Waals surface area (Å²) in [6.45, 7) is 4.09. The topological polar surface area (TPSA) is 17.8 Å². The van der Waals surface area contributed by atoms with Gasteiger partial charge in [-0.1, -0.05) is 0 Å². The van der Waals surface area contributed by atoms with Gasteiger partial charge in [0, 0.05) is 17.3 Å².